The number of carbonyl (C=O) groups is 2. The third-order valence-electron chi connectivity index (χ3n) is 3.34. The van der Waals surface area contributed by atoms with Gasteiger partial charge in [0, 0.05) is 26.7 Å². The van der Waals surface area contributed by atoms with Crippen molar-refractivity contribution in [1.82, 2.24) is 14.9 Å². The second-order valence-electron chi connectivity index (χ2n) is 5.35. The van der Waals surface area contributed by atoms with Gasteiger partial charge in [-0.15, -0.1) is 0 Å². The SMILES string of the molecule is C=CC(=O)NCc1ccccc1CC(=O)N(C)CCNS(C)(=O)=O. The predicted octanol–water partition coefficient (Wildman–Crippen LogP) is 0.0389. The summed E-state index contributed by atoms with van der Waals surface area (Å²) >= 11 is 0. The minimum atomic E-state index is -3.27. The Labute approximate surface area is 142 Å². The molecule has 0 bridgehead atoms. The average molecular weight is 353 g/mol. The number of hydrogen-bond acceptors (Lipinski definition) is 4. The zero-order valence-corrected chi connectivity index (χ0v) is 14.7. The van der Waals surface area contributed by atoms with E-state index in [0.29, 0.717) is 6.54 Å². The smallest absolute Gasteiger partial charge is 0.243 e. The summed E-state index contributed by atoms with van der Waals surface area (Å²) < 4.78 is 24.4. The highest BCUT2D eigenvalue weighted by molar-refractivity contribution is 7.88. The molecule has 0 heterocycles. The molecule has 132 valence electrons. The van der Waals surface area contributed by atoms with Crippen LogP contribution < -0.4 is 10.0 Å². The van der Waals surface area contributed by atoms with Crippen molar-refractivity contribution >= 4 is 21.8 Å². The summed E-state index contributed by atoms with van der Waals surface area (Å²) in [6.45, 7) is 4.15. The number of rotatable bonds is 9. The van der Waals surface area contributed by atoms with E-state index in [4.69, 9.17) is 0 Å². The Kier molecular flexibility index (Phi) is 7.60. The van der Waals surface area contributed by atoms with Gasteiger partial charge in [-0.05, 0) is 17.2 Å². The highest BCUT2D eigenvalue weighted by atomic mass is 32.2. The molecule has 0 saturated carbocycles. The normalized spacial score (nSPS) is 10.9. The van der Waals surface area contributed by atoms with Gasteiger partial charge in [0.05, 0.1) is 12.7 Å². The molecule has 0 saturated heterocycles. The van der Waals surface area contributed by atoms with E-state index in [0.717, 1.165) is 17.4 Å². The molecule has 0 aromatic heterocycles. The van der Waals surface area contributed by atoms with Crippen LogP contribution in [0, 0.1) is 0 Å². The van der Waals surface area contributed by atoms with E-state index in [-0.39, 0.29) is 31.3 Å². The Morgan fingerprint density at radius 3 is 2.46 bits per heavy atom. The van der Waals surface area contributed by atoms with Crippen LogP contribution in [0.2, 0.25) is 0 Å². The third-order valence-corrected chi connectivity index (χ3v) is 4.06. The number of carbonyl (C=O) groups excluding carboxylic acids is 2. The van der Waals surface area contributed by atoms with Crippen LogP contribution >= 0.6 is 0 Å². The Morgan fingerprint density at radius 2 is 1.88 bits per heavy atom. The summed E-state index contributed by atoms with van der Waals surface area (Å²) in [5.41, 5.74) is 1.67. The maximum Gasteiger partial charge on any atom is 0.243 e. The van der Waals surface area contributed by atoms with Gasteiger partial charge in [0.15, 0.2) is 0 Å². The number of nitrogens with zero attached hydrogens (tertiary/aromatic N) is 1. The summed E-state index contributed by atoms with van der Waals surface area (Å²) in [6.07, 6.45) is 2.44. The van der Waals surface area contributed by atoms with Crippen LogP contribution in [0.4, 0.5) is 0 Å². The first-order valence-corrected chi connectivity index (χ1v) is 9.27. The number of hydrogen-bond donors (Lipinski definition) is 2. The number of amides is 2. The van der Waals surface area contributed by atoms with Crippen LogP contribution in [-0.2, 0) is 32.6 Å². The zero-order valence-electron chi connectivity index (χ0n) is 13.9. The van der Waals surface area contributed by atoms with Crippen molar-refractivity contribution in [3.8, 4) is 0 Å². The monoisotopic (exact) mass is 353 g/mol. The van der Waals surface area contributed by atoms with Gasteiger partial charge < -0.3 is 10.2 Å². The maximum atomic E-state index is 12.3. The van der Waals surface area contributed by atoms with Gasteiger partial charge in [0.2, 0.25) is 21.8 Å². The van der Waals surface area contributed by atoms with E-state index >= 15 is 0 Å². The van der Waals surface area contributed by atoms with Gasteiger partial charge in [0.1, 0.15) is 0 Å². The van der Waals surface area contributed by atoms with Crippen LogP contribution in [0.5, 0.6) is 0 Å². The lowest BCUT2D eigenvalue weighted by Crippen LogP contribution is -2.36. The lowest BCUT2D eigenvalue weighted by atomic mass is 10.0. The van der Waals surface area contributed by atoms with Crippen LogP contribution in [0.3, 0.4) is 0 Å². The molecule has 24 heavy (non-hydrogen) atoms. The summed E-state index contributed by atoms with van der Waals surface area (Å²) in [6, 6.07) is 7.34. The van der Waals surface area contributed by atoms with Gasteiger partial charge in [0.25, 0.3) is 0 Å². The van der Waals surface area contributed by atoms with E-state index in [9.17, 15) is 18.0 Å². The first kappa shape index (κ1) is 19.9. The molecule has 2 N–H and O–H groups in total. The first-order valence-electron chi connectivity index (χ1n) is 7.38. The molecule has 0 atom stereocenters. The Balaban J connectivity index is 2.62. The van der Waals surface area contributed by atoms with E-state index in [1.165, 1.54) is 11.0 Å². The van der Waals surface area contributed by atoms with Crippen LogP contribution in [-0.4, -0.2) is 51.5 Å². The van der Waals surface area contributed by atoms with Crippen molar-refractivity contribution in [2.45, 2.75) is 13.0 Å². The van der Waals surface area contributed by atoms with Gasteiger partial charge in [-0.2, -0.15) is 0 Å². The predicted molar refractivity (Wildman–Crippen MR) is 92.7 cm³/mol. The minimum Gasteiger partial charge on any atom is -0.348 e. The zero-order chi connectivity index (χ0) is 18.2. The second-order valence-corrected chi connectivity index (χ2v) is 7.18. The van der Waals surface area contributed by atoms with E-state index in [2.05, 4.69) is 16.6 Å². The molecule has 0 unspecified atom stereocenters. The summed E-state index contributed by atoms with van der Waals surface area (Å²) in [7, 11) is -1.65. The molecule has 0 spiro atoms. The van der Waals surface area contributed by atoms with E-state index < -0.39 is 10.0 Å². The van der Waals surface area contributed by atoms with Crippen molar-refractivity contribution in [2.24, 2.45) is 0 Å². The number of nitrogens with one attached hydrogen (secondary N) is 2. The molecule has 8 heteroatoms. The van der Waals surface area contributed by atoms with Crippen molar-refractivity contribution in [1.29, 1.82) is 0 Å². The highest BCUT2D eigenvalue weighted by Crippen LogP contribution is 2.10. The molecule has 0 aliphatic heterocycles. The van der Waals surface area contributed by atoms with Gasteiger partial charge in [-0.25, -0.2) is 13.1 Å². The number of likely N-dealkylation sites (N-methyl/N-ethyl adjacent to an activating group) is 1. The standard InChI is InChI=1S/C16H23N3O4S/c1-4-15(20)17-12-14-8-6-5-7-13(14)11-16(21)19(2)10-9-18-24(3,22)23/h4-8,18H,1,9-12H2,2-3H3,(H,17,20). The fourth-order valence-electron chi connectivity index (χ4n) is 1.98. The quantitative estimate of drug-likeness (QED) is 0.613. The van der Waals surface area contributed by atoms with Crippen LogP contribution in [0.15, 0.2) is 36.9 Å². The van der Waals surface area contributed by atoms with E-state index in [1.807, 2.05) is 24.3 Å². The Morgan fingerprint density at radius 1 is 1.25 bits per heavy atom. The topological polar surface area (TPSA) is 95.6 Å². The van der Waals surface area contributed by atoms with Crippen LogP contribution in [0.25, 0.3) is 0 Å². The second kappa shape index (κ2) is 9.19. The van der Waals surface area contributed by atoms with Gasteiger partial charge in [-0.1, -0.05) is 30.8 Å². The summed E-state index contributed by atoms with van der Waals surface area (Å²) in [4.78, 5) is 25.0. The van der Waals surface area contributed by atoms with Crippen LogP contribution in [0.1, 0.15) is 11.1 Å². The van der Waals surface area contributed by atoms with Crippen molar-refractivity contribution < 1.29 is 18.0 Å². The van der Waals surface area contributed by atoms with Gasteiger partial charge in [-0.3, -0.25) is 9.59 Å². The third kappa shape index (κ3) is 7.38. The fourth-order valence-corrected chi connectivity index (χ4v) is 2.44. The van der Waals surface area contributed by atoms with Crippen molar-refractivity contribution in [3.63, 3.8) is 0 Å². The molecule has 1 rings (SSSR count). The molecular weight excluding hydrogens is 330 g/mol. The molecule has 0 fully saturated rings. The largest absolute Gasteiger partial charge is 0.348 e. The lowest BCUT2D eigenvalue weighted by Gasteiger charge is -2.18. The molecule has 0 radical (unpaired) electrons. The van der Waals surface area contributed by atoms with Crippen molar-refractivity contribution in [3.05, 3.63) is 48.0 Å². The lowest BCUT2D eigenvalue weighted by molar-refractivity contribution is -0.129. The Hall–Kier alpha value is -2.19. The number of benzene rings is 1. The van der Waals surface area contributed by atoms with E-state index in [1.54, 1.807) is 7.05 Å². The van der Waals surface area contributed by atoms with Gasteiger partial charge >= 0.3 is 0 Å². The summed E-state index contributed by atoms with van der Waals surface area (Å²) in [5.74, 6) is -0.409. The minimum absolute atomic E-state index is 0.132. The molecule has 2 amide bonds. The highest BCUT2D eigenvalue weighted by Gasteiger charge is 2.13. The summed E-state index contributed by atoms with van der Waals surface area (Å²) in [5, 5.41) is 2.68. The maximum absolute atomic E-state index is 12.3. The average Bonchev–Trinajstić information content (AvgIpc) is 2.52. The molecule has 0 aliphatic carbocycles. The molecule has 1 aromatic carbocycles. The molecule has 7 nitrogen and oxygen atoms in total. The number of sulfonamides is 1. The Bertz CT molecular complexity index is 701. The molecular formula is C16H23N3O4S. The fraction of sp³-hybridized carbons (Fsp3) is 0.375. The van der Waals surface area contributed by atoms with Crippen molar-refractivity contribution in [2.75, 3.05) is 26.4 Å². The molecule has 0 aliphatic rings. The first-order chi connectivity index (χ1) is 11.2. The molecule has 1 aromatic rings.